The van der Waals surface area contributed by atoms with Crippen molar-refractivity contribution in [3.05, 3.63) is 38.6 Å². The van der Waals surface area contributed by atoms with Crippen molar-refractivity contribution in [3.8, 4) is 5.75 Å². The monoisotopic (exact) mass is 423 g/mol. The summed E-state index contributed by atoms with van der Waals surface area (Å²) >= 11 is 3.52. The number of aromatic nitrogens is 1. The molecule has 0 fully saturated rings. The molecular weight excluding hydrogens is 421 g/mol. The van der Waals surface area contributed by atoms with E-state index in [1.54, 1.807) is 0 Å². The van der Waals surface area contributed by atoms with Gasteiger partial charge in [0.15, 0.2) is 0 Å². The summed E-state index contributed by atoms with van der Waals surface area (Å²) in [5.74, 6) is -13.8. The Kier molecular flexibility index (Phi) is 4.46. The van der Waals surface area contributed by atoms with Crippen molar-refractivity contribution in [1.82, 2.24) is 4.98 Å². The maximum atomic E-state index is 13.4. The van der Waals surface area contributed by atoms with Crippen LogP contribution in [0.1, 0.15) is 5.69 Å². The standard InChI is InChI=1S/C10H3BrF5NO3S2/c1-2-9(11)21-10(17-2)22(18,19)20-8-6(15)4(13)3(12)5(14)7(8)16/h1H3. The summed E-state index contributed by atoms with van der Waals surface area (Å²) in [6.45, 7) is 1.43. The average molecular weight is 424 g/mol. The van der Waals surface area contributed by atoms with Crippen LogP contribution in [0.3, 0.4) is 0 Å². The Balaban J connectivity index is 2.55. The van der Waals surface area contributed by atoms with Gasteiger partial charge in [-0.3, -0.25) is 0 Å². The lowest BCUT2D eigenvalue weighted by atomic mass is 10.3. The van der Waals surface area contributed by atoms with Crippen LogP contribution in [-0.2, 0) is 10.1 Å². The van der Waals surface area contributed by atoms with Gasteiger partial charge in [0.05, 0.1) is 9.48 Å². The van der Waals surface area contributed by atoms with E-state index < -0.39 is 49.3 Å². The van der Waals surface area contributed by atoms with Crippen molar-refractivity contribution >= 4 is 37.4 Å². The molecule has 1 aromatic carbocycles. The zero-order valence-electron chi connectivity index (χ0n) is 10.3. The van der Waals surface area contributed by atoms with Gasteiger partial charge in [-0.05, 0) is 22.9 Å². The van der Waals surface area contributed by atoms with Gasteiger partial charge in [-0.25, -0.2) is 18.2 Å². The molecule has 0 atom stereocenters. The van der Waals surface area contributed by atoms with E-state index in [4.69, 9.17) is 0 Å². The quantitative estimate of drug-likeness (QED) is 0.327. The molecule has 0 unspecified atom stereocenters. The highest BCUT2D eigenvalue weighted by molar-refractivity contribution is 9.11. The van der Waals surface area contributed by atoms with E-state index in [0.717, 1.165) is 0 Å². The van der Waals surface area contributed by atoms with Crippen molar-refractivity contribution in [2.24, 2.45) is 0 Å². The number of halogens is 6. The summed E-state index contributed by atoms with van der Waals surface area (Å²) in [5, 5.41) is 0. The van der Waals surface area contributed by atoms with Crippen LogP contribution >= 0.6 is 27.3 Å². The highest BCUT2D eigenvalue weighted by atomic mass is 79.9. The van der Waals surface area contributed by atoms with Crippen LogP contribution in [0.5, 0.6) is 5.75 Å². The summed E-state index contributed by atoms with van der Waals surface area (Å²) in [7, 11) is -4.86. The second-order valence-electron chi connectivity index (χ2n) is 3.78. The van der Waals surface area contributed by atoms with Gasteiger partial charge in [-0.15, -0.1) is 0 Å². The molecule has 0 amide bonds. The van der Waals surface area contributed by atoms with E-state index in [-0.39, 0.29) is 5.69 Å². The van der Waals surface area contributed by atoms with Gasteiger partial charge < -0.3 is 4.18 Å². The molecule has 4 nitrogen and oxygen atoms in total. The average Bonchev–Trinajstić information content (AvgIpc) is 2.80. The Bertz CT molecular complexity index is 819. The predicted octanol–water partition coefficient (Wildman–Crippen LogP) is 3.68. The molecular formula is C10H3BrF5NO3S2. The van der Waals surface area contributed by atoms with Gasteiger partial charge in [0.25, 0.3) is 0 Å². The van der Waals surface area contributed by atoms with Gasteiger partial charge in [0.1, 0.15) is 0 Å². The number of nitrogens with zero attached hydrogens (tertiary/aromatic N) is 1. The minimum atomic E-state index is -4.86. The van der Waals surface area contributed by atoms with Gasteiger partial charge in [0, 0.05) is 0 Å². The number of rotatable bonds is 3. The van der Waals surface area contributed by atoms with E-state index in [1.165, 1.54) is 6.92 Å². The Labute approximate surface area is 132 Å². The molecule has 0 saturated carbocycles. The first kappa shape index (κ1) is 17.1. The second kappa shape index (κ2) is 5.74. The molecule has 0 aliphatic rings. The Morgan fingerprint density at radius 3 is 1.86 bits per heavy atom. The predicted molar refractivity (Wildman–Crippen MR) is 68.6 cm³/mol. The first-order valence-electron chi connectivity index (χ1n) is 5.15. The van der Waals surface area contributed by atoms with E-state index in [9.17, 15) is 30.4 Å². The number of hydrogen-bond donors (Lipinski definition) is 0. The van der Waals surface area contributed by atoms with Crippen LogP contribution in [0.25, 0.3) is 0 Å². The SMILES string of the molecule is Cc1nc(S(=O)(=O)Oc2c(F)c(F)c(F)c(F)c2F)sc1Br. The minimum absolute atomic E-state index is 0.240. The third-order valence-corrected chi connectivity index (χ3v) is 5.86. The number of thiazole rings is 1. The smallest absolute Gasteiger partial charge is 0.367 e. The number of aryl methyl sites for hydroxylation is 1. The fourth-order valence-electron chi connectivity index (χ4n) is 1.26. The lowest BCUT2D eigenvalue weighted by Crippen LogP contribution is -2.14. The second-order valence-corrected chi connectivity index (χ2v) is 7.81. The van der Waals surface area contributed by atoms with Crippen LogP contribution < -0.4 is 4.18 Å². The van der Waals surface area contributed by atoms with Crippen LogP contribution in [-0.4, -0.2) is 13.4 Å². The highest BCUT2D eigenvalue weighted by Gasteiger charge is 2.32. The fraction of sp³-hybridized carbons (Fsp3) is 0.100. The first-order valence-corrected chi connectivity index (χ1v) is 8.17. The van der Waals surface area contributed by atoms with Crippen molar-refractivity contribution < 1.29 is 34.6 Å². The summed E-state index contributed by atoms with van der Waals surface area (Å²) < 4.78 is 92.9. The summed E-state index contributed by atoms with van der Waals surface area (Å²) in [6.07, 6.45) is 0. The lowest BCUT2D eigenvalue weighted by Gasteiger charge is -2.08. The van der Waals surface area contributed by atoms with E-state index in [2.05, 4.69) is 25.1 Å². The zero-order valence-corrected chi connectivity index (χ0v) is 13.5. The molecule has 0 radical (unpaired) electrons. The molecule has 2 rings (SSSR count). The molecule has 0 saturated heterocycles. The van der Waals surface area contributed by atoms with Crippen LogP contribution in [0, 0.1) is 36.0 Å². The molecule has 0 aliphatic heterocycles. The topological polar surface area (TPSA) is 56.3 Å². The highest BCUT2D eigenvalue weighted by Crippen LogP contribution is 2.33. The maximum Gasteiger partial charge on any atom is 0.367 e. The van der Waals surface area contributed by atoms with E-state index in [1.807, 2.05) is 0 Å². The molecule has 120 valence electrons. The summed E-state index contributed by atoms with van der Waals surface area (Å²) in [6, 6.07) is 0. The molecule has 12 heteroatoms. The molecule has 1 aromatic heterocycles. The Hall–Kier alpha value is -1.27. The van der Waals surface area contributed by atoms with Crippen molar-refractivity contribution in [2.45, 2.75) is 11.3 Å². The number of hydrogen-bond acceptors (Lipinski definition) is 5. The van der Waals surface area contributed by atoms with Gasteiger partial charge in [-0.2, -0.15) is 17.2 Å². The maximum absolute atomic E-state index is 13.4. The zero-order chi connectivity index (χ0) is 16.8. The van der Waals surface area contributed by atoms with Crippen LogP contribution in [0.2, 0.25) is 0 Å². The summed E-state index contributed by atoms with van der Waals surface area (Å²) in [4.78, 5) is 3.55. The van der Waals surface area contributed by atoms with Crippen molar-refractivity contribution in [1.29, 1.82) is 0 Å². The first-order chi connectivity index (χ1) is 10.1. The molecule has 0 bridgehead atoms. The van der Waals surface area contributed by atoms with Gasteiger partial charge in [-0.1, -0.05) is 11.3 Å². The van der Waals surface area contributed by atoms with E-state index >= 15 is 0 Å². The normalized spacial score (nSPS) is 11.8. The van der Waals surface area contributed by atoms with Gasteiger partial charge in [0.2, 0.25) is 39.2 Å². The molecule has 0 spiro atoms. The Morgan fingerprint density at radius 2 is 1.45 bits per heavy atom. The molecule has 1 heterocycles. The van der Waals surface area contributed by atoms with Gasteiger partial charge >= 0.3 is 10.1 Å². The largest absolute Gasteiger partial charge is 0.371 e. The Morgan fingerprint density at radius 1 is 1.00 bits per heavy atom. The van der Waals surface area contributed by atoms with Crippen molar-refractivity contribution in [3.63, 3.8) is 0 Å². The molecule has 22 heavy (non-hydrogen) atoms. The summed E-state index contributed by atoms with van der Waals surface area (Å²) in [5.41, 5.74) is 0.240. The number of benzene rings is 1. The molecule has 0 N–H and O–H groups in total. The van der Waals surface area contributed by atoms with Crippen LogP contribution in [0.15, 0.2) is 8.13 Å². The fourth-order valence-corrected chi connectivity index (χ4v) is 4.11. The minimum Gasteiger partial charge on any atom is -0.371 e. The van der Waals surface area contributed by atoms with E-state index in [0.29, 0.717) is 15.1 Å². The third kappa shape index (κ3) is 2.82. The molecule has 0 aliphatic carbocycles. The van der Waals surface area contributed by atoms with Crippen molar-refractivity contribution in [2.75, 3.05) is 0 Å². The third-order valence-electron chi connectivity index (χ3n) is 2.30. The lowest BCUT2D eigenvalue weighted by molar-refractivity contribution is 0.346. The molecule has 2 aromatic rings. The van der Waals surface area contributed by atoms with Crippen LogP contribution in [0.4, 0.5) is 22.0 Å².